The Morgan fingerprint density at radius 2 is 1.76 bits per heavy atom. The third-order valence-corrected chi connectivity index (χ3v) is 2.74. The van der Waals surface area contributed by atoms with Crippen LogP contribution in [0, 0.1) is 5.95 Å². The molecule has 21 heavy (non-hydrogen) atoms. The lowest BCUT2D eigenvalue weighted by molar-refractivity contribution is 0.0827. The summed E-state index contributed by atoms with van der Waals surface area (Å²) in [5, 5.41) is 2.59. The molecule has 2 aromatic rings. The summed E-state index contributed by atoms with van der Waals surface area (Å²) in [6.07, 6.45) is 0. The number of rotatable bonds is 3. The Labute approximate surface area is 121 Å². The van der Waals surface area contributed by atoms with Crippen molar-refractivity contribution >= 4 is 17.5 Å². The fourth-order valence-electron chi connectivity index (χ4n) is 1.68. The van der Waals surface area contributed by atoms with Crippen LogP contribution in [0.1, 0.15) is 20.8 Å². The first-order chi connectivity index (χ1) is 9.97. The quantitative estimate of drug-likeness (QED) is 0.880. The van der Waals surface area contributed by atoms with E-state index in [1.54, 1.807) is 38.4 Å². The molecule has 0 saturated heterocycles. The van der Waals surface area contributed by atoms with Crippen LogP contribution in [0.15, 0.2) is 42.5 Å². The van der Waals surface area contributed by atoms with E-state index in [4.69, 9.17) is 0 Å². The molecule has 0 unspecified atom stereocenters. The van der Waals surface area contributed by atoms with Crippen LogP contribution in [0.4, 0.5) is 10.1 Å². The Hall–Kier alpha value is -2.76. The van der Waals surface area contributed by atoms with Gasteiger partial charge in [0.25, 0.3) is 11.8 Å². The minimum absolute atomic E-state index is 0.0107. The van der Waals surface area contributed by atoms with Gasteiger partial charge in [-0.1, -0.05) is 6.07 Å². The van der Waals surface area contributed by atoms with Crippen LogP contribution in [-0.4, -0.2) is 35.8 Å². The zero-order valence-corrected chi connectivity index (χ0v) is 11.6. The van der Waals surface area contributed by atoms with E-state index >= 15 is 0 Å². The van der Waals surface area contributed by atoms with Gasteiger partial charge in [0, 0.05) is 25.3 Å². The summed E-state index contributed by atoms with van der Waals surface area (Å²) in [6.45, 7) is 0. The molecule has 0 fully saturated rings. The van der Waals surface area contributed by atoms with Crippen molar-refractivity contribution in [2.45, 2.75) is 0 Å². The number of aromatic nitrogens is 1. The SMILES string of the molecule is CN(C)C(=O)c1ccc(NC(=O)c2cccc(F)n2)cc1. The van der Waals surface area contributed by atoms with Crippen molar-refractivity contribution in [3.05, 3.63) is 59.7 Å². The Kier molecular flexibility index (Phi) is 4.27. The highest BCUT2D eigenvalue weighted by Gasteiger charge is 2.10. The zero-order valence-electron chi connectivity index (χ0n) is 11.6. The predicted molar refractivity (Wildman–Crippen MR) is 76.6 cm³/mol. The van der Waals surface area contributed by atoms with E-state index in [1.165, 1.54) is 23.1 Å². The van der Waals surface area contributed by atoms with Crippen LogP contribution in [0.25, 0.3) is 0 Å². The van der Waals surface area contributed by atoms with E-state index in [1.807, 2.05) is 0 Å². The maximum absolute atomic E-state index is 13.0. The van der Waals surface area contributed by atoms with Gasteiger partial charge in [-0.3, -0.25) is 9.59 Å². The van der Waals surface area contributed by atoms with E-state index in [-0.39, 0.29) is 11.6 Å². The van der Waals surface area contributed by atoms with Gasteiger partial charge in [0.1, 0.15) is 5.69 Å². The van der Waals surface area contributed by atoms with Gasteiger partial charge < -0.3 is 10.2 Å². The van der Waals surface area contributed by atoms with E-state index in [0.29, 0.717) is 11.3 Å². The number of carbonyl (C=O) groups excluding carboxylic acids is 2. The van der Waals surface area contributed by atoms with Crippen LogP contribution in [-0.2, 0) is 0 Å². The van der Waals surface area contributed by atoms with Crippen molar-refractivity contribution < 1.29 is 14.0 Å². The smallest absolute Gasteiger partial charge is 0.274 e. The van der Waals surface area contributed by atoms with Gasteiger partial charge in [-0.15, -0.1) is 0 Å². The number of amides is 2. The van der Waals surface area contributed by atoms with Gasteiger partial charge in [0.15, 0.2) is 0 Å². The zero-order chi connectivity index (χ0) is 15.4. The fraction of sp³-hybridized carbons (Fsp3) is 0.133. The molecule has 0 aliphatic heterocycles. The molecule has 1 aromatic carbocycles. The average molecular weight is 287 g/mol. The lowest BCUT2D eigenvalue weighted by Gasteiger charge is -2.10. The Bertz CT molecular complexity index is 669. The standard InChI is InChI=1S/C15H14FN3O2/c1-19(2)15(21)10-6-8-11(9-7-10)17-14(20)12-4-3-5-13(16)18-12/h3-9H,1-2H3,(H,17,20). The molecule has 0 radical (unpaired) electrons. The first-order valence-corrected chi connectivity index (χ1v) is 6.23. The molecular formula is C15H14FN3O2. The molecule has 1 aromatic heterocycles. The van der Waals surface area contributed by atoms with Gasteiger partial charge >= 0.3 is 0 Å². The van der Waals surface area contributed by atoms with Crippen LogP contribution < -0.4 is 5.32 Å². The number of hydrogen-bond acceptors (Lipinski definition) is 3. The molecule has 0 spiro atoms. The molecule has 5 nitrogen and oxygen atoms in total. The third-order valence-electron chi connectivity index (χ3n) is 2.74. The Morgan fingerprint density at radius 3 is 2.33 bits per heavy atom. The molecule has 2 amide bonds. The maximum atomic E-state index is 13.0. The second kappa shape index (κ2) is 6.13. The average Bonchev–Trinajstić information content (AvgIpc) is 2.47. The molecule has 6 heteroatoms. The largest absolute Gasteiger partial charge is 0.345 e. The first kappa shape index (κ1) is 14.6. The monoisotopic (exact) mass is 287 g/mol. The number of nitrogens with one attached hydrogen (secondary N) is 1. The normalized spacial score (nSPS) is 10.0. The van der Waals surface area contributed by atoms with Crippen LogP contribution >= 0.6 is 0 Å². The number of hydrogen-bond donors (Lipinski definition) is 1. The van der Waals surface area contributed by atoms with E-state index in [0.717, 1.165) is 0 Å². The van der Waals surface area contributed by atoms with E-state index in [9.17, 15) is 14.0 Å². The van der Waals surface area contributed by atoms with Crippen molar-refractivity contribution in [3.8, 4) is 0 Å². The van der Waals surface area contributed by atoms with Gasteiger partial charge in [-0.25, -0.2) is 4.98 Å². The van der Waals surface area contributed by atoms with Crippen molar-refractivity contribution in [1.29, 1.82) is 0 Å². The van der Waals surface area contributed by atoms with Gasteiger partial charge in [-0.2, -0.15) is 4.39 Å². The van der Waals surface area contributed by atoms with Gasteiger partial charge in [0.2, 0.25) is 5.95 Å². The second-order valence-corrected chi connectivity index (χ2v) is 4.58. The molecule has 1 N–H and O–H groups in total. The highest BCUT2D eigenvalue weighted by atomic mass is 19.1. The van der Waals surface area contributed by atoms with Crippen LogP contribution in [0.5, 0.6) is 0 Å². The minimum atomic E-state index is -0.713. The molecule has 1 heterocycles. The van der Waals surface area contributed by atoms with Crippen molar-refractivity contribution in [2.24, 2.45) is 0 Å². The molecular weight excluding hydrogens is 273 g/mol. The first-order valence-electron chi connectivity index (χ1n) is 6.23. The van der Waals surface area contributed by atoms with Crippen molar-refractivity contribution in [2.75, 3.05) is 19.4 Å². The summed E-state index contributed by atoms with van der Waals surface area (Å²) < 4.78 is 13.0. The number of carbonyl (C=O) groups is 2. The Balaban J connectivity index is 2.10. The molecule has 0 atom stereocenters. The number of anilines is 1. The fourth-order valence-corrected chi connectivity index (χ4v) is 1.68. The highest BCUT2D eigenvalue weighted by molar-refractivity contribution is 6.03. The van der Waals surface area contributed by atoms with Gasteiger partial charge in [-0.05, 0) is 36.4 Å². The predicted octanol–water partition coefficient (Wildman–Crippen LogP) is 2.17. The van der Waals surface area contributed by atoms with Crippen LogP contribution in [0.2, 0.25) is 0 Å². The topological polar surface area (TPSA) is 62.3 Å². The van der Waals surface area contributed by atoms with E-state index < -0.39 is 11.9 Å². The number of benzene rings is 1. The minimum Gasteiger partial charge on any atom is -0.345 e. The number of halogens is 1. The maximum Gasteiger partial charge on any atom is 0.274 e. The molecule has 0 saturated carbocycles. The van der Waals surface area contributed by atoms with E-state index in [2.05, 4.69) is 10.3 Å². The van der Waals surface area contributed by atoms with Crippen LogP contribution in [0.3, 0.4) is 0 Å². The molecule has 108 valence electrons. The summed E-state index contributed by atoms with van der Waals surface area (Å²) >= 11 is 0. The highest BCUT2D eigenvalue weighted by Crippen LogP contribution is 2.12. The summed E-state index contributed by atoms with van der Waals surface area (Å²) in [6, 6.07) is 10.4. The summed E-state index contributed by atoms with van der Waals surface area (Å²) in [4.78, 5) is 28.6. The molecule has 0 aliphatic carbocycles. The molecule has 2 rings (SSSR count). The summed E-state index contributed by atoms with van der Waals surface area (Å²) in [5.74, 6) is -1.35. The Morgan fingerprint density at radius 1 is 1.10 bits per heavy atom. The third kappa shape index (κ3) is 3.62. The van der Waals surface area contributed by atoms with Gasteiger partial charge in [0.05, 0.1) is 0 Å². The second-order valence-electron chi connectivity index (χ2n) is 4.58. The molecule has 0 bridgehead atoms. The summed E-state index contributed by atoms with van der Waals surface area (Å²) in [7, 11) is 3.32. The lowest BCUT2D eigenvalue weighted by Crippen LogP contribution is -2.21. The number of nitrogens with zero attached hydrogens (tertiary/aromatic N) is 2. The molecule has 0 aliphatic rings. The van der Waals surface area contributed by atoms with Crippen molar-refractivity contribution in [1.82, 2.24) is 9.88 Å². The lowest BCUT2D eigenvalue weighted by atomic mass is 10.2. The number of pyridine rings is 1. The summed E-state index contributed by atoms with van der Waals surface area (Å²) in [5.41, 5.74) is 1.01. The van der Waals surface area contributed by atoms with Crippen molar-refractivity contribution in [3.63, 3.8) is 0 Å².